The number of hydrogen-bond acceptors (Lipinski definition) is 5. The largest absolute Gasteiger partial charge is 0.477 e. The molecule has 2 aliphatic rings. The molecule has 0 amide bonds. The maximum atomic E-state index is 15.5. The minimum atomic E-state index is -1.43. The summed E-state index contributed by atoms with van der Waals surface area (Å²) in [6.45, 7) is 0.599. The number of nitrogens with zero attached hydrogens (tertiary/aromatic N) is 2. The monoisotopic (exact) mass is 393 g/mol. The minimum Gasteiger partial charge on any atom is -0.477 e. The van der Waals surface area contributed by atoms with Crippen LogP contribution in [0.3, 0.4) is 0 Å². The van der Waals surface area contributed by atoms with Crippen molar-refractivity contribution < 1.29 is 23.8 Å². The number of aliphatic hydroxyl groups is 1. The first-order chi connectivity index (χ1) is 13.3. The maximum absolute atomic E-state index is 15.5. The van der Waals surface area contributed by atoms with Gasteiger partial charge in [0.05, 0.1) is 16.5 Å². The Morgan fingerprint density at radius 3 is 2.71 bits per heavy atom. The van der Waals surface area contributed by atoms with Gasteiger partial charge in [0.2, 0.25) is 5.43 Å². The van der Waals surface area contributed by atoms with Crippen LogP contribution in [0.25, 0.3) is 10.9 Å². The molecule has 0 radical (unpaired) electrons. The number of carbonyl (C=O) groups is 1. The molecule has 2 aromatic rings. The smallest absolute Gasteiger partial charge is 0.341 e. The van der Waals surface area contributed by atoms with Crippen molar-refractivity contribution in [1.29, 1.82) is 0 Å². The molecule has 1 unspecified atom stereocenters. The fourth-order valence-electron chi connectivity index (χ4n) is 4.04. The van der Waals surface area contributed by atoms with E-state index in [9.17, 15) is 24.2 Å². The third-order valence-corrected chi connectivity index (χ3v) is 5.51. The molecule has 1 aromatic carbocycles. The molecule has 1 aliphatic carbocycles. The summed E-state index contributed by atoms with van der Waals surface area (Å²) in [6.07, 6.45) is 2.96. The maximum Gasteiger partial charge on any atom is 0.341 e. The van der Waals surface area contributed by atoms with Gasteiger partial charge in [0.1, 0.15) is 17.1 Å². The van der Waals surface area contributed by atoms with Gasteiger partial charge in [0.25, 0.3) is 0 Å². The highest BCUT2D eigenvalue weighted by molar-refractivity contribution is 5.94. The van der Waals surface area contributed by atoms with E-state index >= 15 is 4.39 Å². The minimum absolute atomic E-state index is 0.0497. The van der Waals surface area contributed by atoms with E-state index in [-0.39, 0.29) is 42.3 Å². The first-order valence-electron chi connectivity index (χ1n) is 9.18. The van der Waals surface area contributed by atoms with Gasteiger partial charge in [-0.15, -0.1) is 0 Å². The van der Waals surface area contributed by atoms with Crippen LogP contribution in [-0.2, 0) is 0 Å². The number of benzene rings is 1. The summed E-state index contributed by atoms with van der Waals surface area (Å²) in [4.78, 5) is 25.3. The van der Waals surface area contributed by atoms with Crippen LogP contribution in [0.15, 0.2) is 17.1 Å². The van der Waals surface area contributed by atoms with E-state index in [4.69, 9.17) is 0 Å². The summed E-state index contributed by atoms with van der Waals surface area (Å²) in [6, 6.07) is 0.797. The average Bonchev–Trinajstić information content (AvgIpc) is 3.39. The van der Waals surface area contributed by atoms with E-state index in [2.05, 4.69) is 5.32 Å². The zero-order valence-corrected chi connectivity index (χ0v) is 15.3. The Morgan fingerprint density at radius 2 is 2.11 bits per heavy atom. The van der Waals surface area contributed by atoms with E-state index in [1.165, 1.54) is 9.47 Å². The lowest BCUT2D eigenvalue weighted by molar-refractivity contribution is 0.0649. The molecule has 0 bridgehead atoms. The van der Waals surface area contributed by atoms with Crippen molar-refractivity contribution in [3.8, 4) is 0 Å². The van der Waals surface area contributed by atoms with Crippen molar-refractivity contribution >= 4 is 22.6 Å². The molecule has 2 heterocycles. The third kappa shape index (κ3) is 2.94. The molecule has 1 aromatic heterocycles. The highest BCUT2D eigenvalue weighted by atomic mass is 19.1. The molecule has 2 fully saturated rings. The molecule has 1 aliphatic heterocycles. The SMILES string of the molecule is CNCC1(O)CCN(c2c(F)cc3c(=O)c(C(=O)O)cn(C4CC4)c3c2F)C1. The fraction of sp³-hybridized carbons (Fsp3) is 0.474. The predicted molar refractivity (Wildman–Crippen MR) is 99.1 cm³/mol. The van der Waals surface area contributed by atoms with Crippen molar-refractivity contribution in [2.75, 3.05) is 31.6 Å². The van der Waals surface area contributed by atoms with Crippen LogP contribution < -0.4 is 15.6 Å². The van der Waals surface area contributed by atoms with Crippen LogP contribution in [0.4, 0.5) is 14.5 Å². The van der Waals surface area contributed by atoms with Gasteiger partial charge in [0, 0.05) is 31.9 Å². The number of nitrogens with one attached hydrogen (secondary N) is 1. The number of halogens is 2. The number of carboxylic acid groups (broad SMARTS) is 1. The lowest BCUT2D eigenvalue weighted by Crippen LogP contribution is -2.42. The molecular formula is C19H21F2N3O4. The number of β-amino-alcohol motifs (C(OH)–C–C–N with tert-alkyl or cyclic N) is 1. The van der Waals surface area contributed by atoms with Gasteiger partial charge in [0.15, 0.2) is 5.82 Å². The fourth-order valence-corrected chi connectivity index (χ4v) is 4.04. The highest BCUT2D eigenvalue weighted by Crippen LogP contribution is 2.40. The summed E-state index contributed by atoms with van der Waals surface area (Å²) in [5.74, 6) is -3.27. The highest BCUT2D eigenvalue weighted by Gasteiger charge is 2.38. The van der Waals surface area contributed by atoms with Gasteiger partial charge in [-0.3, -0.25) is 4.79 Å². The first kappa shape index (κ1) is 18.8. The second-order valence-electron chi connectivity index (χ2n) is 7.66. The molecule has 9 heteroatoms. The number of pyridine rings is 1. The Kier molecular flexibility index (Phi) is 4.39. The van der Waals surface area contributed by atoms with Gasteiger partial charge >= 0.3 is 5.97 Å². The number of aromatic nitrogens is 1. The van der Waals surface area contributed by atoms with Crippen LogP contribution in [-0.4, -0.2) is 53.0 Å². The lowest BCUT2D eigenvalue weighted by Gasteiger charge is -2.25. The van der Waals surface area contributed by atoms with Crippen LogP contribution in [0, 0.1) is 11.6 Å². The molecule has 4 rings (SSSR count). The first-order valence-corrected chi connectivity index (χ1v) is 9.18. The van der Waals surface area contributed by atoms with Crippen molar-refractivity contribution in [1.82, 2.24) is 9.88 Å². The van der Waals surface area contributed by atoms with E-state index < -0.39 is 34.2 Å². The number of fused-ring (bicyclic) bond motifs is 1. The lowest BCUT2D eigenvalue weighted by atomic mass is 10.0. The van der Waals surface area contributed by atoms with Crippen molar-refractivity contribution in [3.05, 3.63) is 39.7 Å². The van der Waals surface area contributed by atoms with Crippen molar-refractivity contribution in [2.24, 2.45) is 0 Å². The Hall–Kier alpha value is -2.52. The quantitative estimate of drug-likeness (QED) is 0.712. The van der Waals surface area contributed by atoms with Gasteiger partial charge in [-0.1, -0.05) is 0 Å². The number of anilines is 1. The number of hydrogen-bond donors (Lipinski definition) is 3. The van der Waals surface area contributed by atoms with E-state index in [1.54, 1.807) is 7.05 Å². The Balaban J connectivity index is 1.91. The van der Waals surface area contributed by atoms with E-state index in [0.29, 0.717) is 6.42 Å². The van der Waals surface area contributed by atoms with E-state index in [1.807, 2.05) is 0 Å². The second kappa shape index (κ2) is 6.52. The van der Waals surface area contributed by atoms with Crippen LogP contribution in [0.1, 0.15) is 35.7 Å². The zero-order valence-electron chi connectivity index (χ0n) is 15.3. The molecule has 1 saturated carbocycles. The predicted octanol–water partition coefficient (Wildman–Crippen LogP) is 1.47. The number of carboxylic acids is 1. The third-order valence-electron chi connectivity index (χ3n) is 5.51. The van der Waals surface area contributed by atoms with Gasteiger partial charge < -0.3 is 25.0 Å². The molecule has 28 heavy (non-hydrogen) atoms. The Bertz CT molecular complexity index is 1030. The van der Waals surface area contributed by atoms with Gasteiger partial charge in [-0.2, -0.15) is 0 Å². The summed E-state index contributed by atoms with van der Waals surface area (Å²) < 4.78 is 31.8. The Labute approximate surface area is 159 Å². The molecular weight excluding hydrogens is 372 g/mol. The molecule has 150 valence electrons. The summed E-state index contributed by atoms with van der Waals surface area (Å²) >= 11 is 0. The number of aromatic carboxylic acids is 1. The van der Waals surface area contributed by atoms with Crippen LogP contribution in [0.5, 0.6) is 0 Å². The molecule has 3 N–H and O–H groups in total. The van der Waals surface area contributed by atoms with Gasteiger partial charge in [-0.05, 0) is 32.4 Å². The topological polar surface area (TPSA) is 94.8 Å². The molecule has 1 saturated heterocycles. The number of rotatable bonds is 5. The van der Waals surface area contributed by atoms with Crippen molar-refractivity contribution in [3.63, 3.8) is 0 Å². The zero-order chi connectivity index (χ0) is 20.2. The van der Waals surface area contributed by atoms with Crippen LogP contribution >= 0.6 is 0 Å². The molecule has 1 atom stereocenters. The molecule has 0 spiro atoms. The Morgan fingerprint density at radius 1 is 1.39 bits per heavy atom. The number of likely N-dealkylation sites (N-methyl/N-ethyl adjacent to an activating group) is 1. The normalized spacial score (nSPS) is 22.2. The molecule has 7 nitrogen and oxygen atoms in total. The summed E-state index contributed by atoms with van der Waals surface area (Å²) in [5, 5.41) is 22.4. The average molecular weight is 393 g/mol. The van der Waals surface area contributed by atoms with Crippen LogP contribution in [0.2, 0.25) is 0 Å². The van der Waals surface area contributed by atoms with Gasteiger partial charge in [-0.25, -0.2) is 13.6 Å². The second-order valence-corrected chi connectivity index (χ2v) is 7.66. The standard InChI is InChI=1S/C19H21F2N3O4/c1-22-8-19(28)4-5-23(9-19)16-13(20)6-11-15(14(16)21)24(10-2-3-10)7-12(17(11)25)18(26)27/h6-7,10,22,28H,2-5,8-9H2,1H3,(H,26,27). The van der Waals surface area contributed by atoms with Crippen molar-refractivity contribution in [2.45, 2.75) is 30.9 Å². The summed E-state index contributed by atoms with van der Waals surface area (Å²) in [7, 11) is 1.69. The van der Waals surface area contributed by atoms with E-state index in [0.717, 1.165) is 25.1 Å². The summed E-state index contributed by atoms with van der Waals surface area (Å²) in [5.41, 5.74) is -2.90.